The third-order valence-corrected chi connectivity index (χ3v) is 2.51. The largest absolute Gasteiger partial charge is 0.0845 e. The van der Waals surface area contributed by atoms with Crippen molar-refractivity contribution < 1.29 is 0 Å². The van der Waals surface area contributed by atoms with Crippen molar-refractivity contribution >= 4 is 0 Å². The monoisotopic (exact) mass is 189 g/mol. The van der Waals surface area contributed by atoms with Crippen LogP contribution in [0.25, 0.3) is 0 Å². The van der Waals surface area contributed by atoms with Gasteiger partial charge < -0.3 is 0 Å². The summed E-state index contributed by atoms with van der Waals surface area (Å²) in [5, 5.41) is 0. The number of rotatable bonds is 0. The van der Waals surface area contributed by atoms with E-state index >= 15 is 0 Å². The lowest BCUT2D eigenvalue weighted by Gasteiger charge is -1.99. The van der Waals surface area contributed by atoms with Crippen LogP contribution in [0.2, 0.25) is 0 Å². The van der Waals surface area contributed by atoms with Gasteiger partial charge in [0.05, 0.1) is 0 Å². The maximum absolute atomic E-state index is 3.29. The van der Waals surface area contributed by atoms with Crippen LogP contribution in [0, 0.1) is 6.08 Å². The molecule has 0 bridgehead atoms. The van der Waals surface area contributed by atoms with E-state index in [4.69, 9.17) is 0 Å². The average molecular weight is 189 g/mol. The first kappa shape index (κ1) is 11.3. The van der Waals surface area contributed by atoms with Gasteiger partial charge in [-0.05, 0) is 31.8 Å². The Bertz CT molecular complexity index is 174. The van der Waals surface area contributed by atoms with Gasteiger partial charge in [-0.3, -0.25) is 0 Å². The molecular formula is C14H21. The lowest BCUT2D eigenvalue weighted by molar-refractivity contribution is 0.598. The zero-order valence-corrected chi connectivity index (χ0v) is 9.04. The molecule has 0 amide bonds. The summed E-state index contributed by atoms with van der Waals surface area (Å²) >= 11 is 0. The van der Waals surface area contributed by atoms with Gasteiger partial charge in [-0.25, -0.2) is 0 Å². The highest BCUT2D eigenvalue weighted by Crippen LogP contribution is 2.09. The summed E-state index contributed by atoms with van der Waals surface area (Å²) in [7, 11) is 0. The van der Waals surface area contributed by atoms with Crippen molar-refractivity contribution in [2.75, 3.05) is 0 Å². The van der Waals surface area contributed by atoms with E-state index in [-0.39, 0.29) is 0 Å². The SMILES string of the molecule is [C]1=CC=CC=CCCCCCCCC1. The molecule has 0 nitrogen and oxygen atoms in total. The van der Waals surface area contributed by atoms with Crippen LogP contribution >= 0.6 is 0 Å². The molecule has 0 fully saturated rings. The normalized spacial score (nSPS) is 20.6. The maximum atomic E-state index is 3.29. The fraction of sp³-hybridized carbons (Fsp3) is 0.571. The van der Waals surface area contributed by atoms with Gasteiger partial charge >= 0.3 is 0 Å². The van der Waals surface area contributed by atoms with Crippen molar-refractivity contribution in [1.82, 2.24) is 0 Å². The molecule has 0 spiro atoms. The number of hydrogen-bond acceptors (Lipinski definition) is 0. The Kier molecular flexibility index (Phi) is 7.10. The van der Waals surface area contributed by atoms with Crippen molar-refractivity contribution in [2.45, 2.75) is 51.4 Å². The second-order valence-electron chi connectivity index (χ2n) is 3.84. The van der Waals surface area contributed by atoms with Crippen molar-refractivity contribution in [2.24, 2.45) is 0 Å². The predicted molar refractivity (Wildman–Crippen MR) is 63.0 cm³/mol. The van der Waals surface area contributed by atoms with Crippen LogP contribution in [-0.2, 0) is 0 Å². The highest BCUT2D eigenvalue weighted by Gasteiger charge is 1.90. The summed E-state index contributed by atoms with van der Waals surface area (Å²) in [5.74, 6) is 0. The first-order chi connectivity index (χ1) is 7.00. The number of hydrogen-bond donors (Lipinski definition) is 0. The van der Waals surface area contributed by atoms with Gasteiger partial charge in [0, 0.05) is 0 Å². The van der Waals surface area contributed by atoms with E-state index in [1.807, 2.05) is 6.08 Å². The summed E-state index contributed by atoms with van der Waals surface area (Å²) in [4.78, 5) is 0. The molecule has 0 unspecified atom stereocenters. The Hall–Kier alpha value is -0.780. The van der Waals surface area contributed by atoms with Crippen LogP contribution in [0.3, 0.4) is 0 Å². The van der Waals surface area contributed by atoms with Gasteiger partial charge in [-0.15, -0.1) is 0 Å². The van der Waals surface area contributed by atoms with Gasteiger partial charge in [-0.2, -0.15) is 0 Å². The molecule has 0 N–H and O–H groups in total. The third-order valence-electron chi connectivity index (χ3n) is 2.51. The fourth-order valence-electron chi connectivity index (χ4n) is 1.64. The summed E-state index contributed by atoms with van der Waals surface area (Å²) in [5.41, 5.74) is 0. The van der Waals surface area contributed by atoms with Gasteiger partial charge in [-0.1, -0.05) is 56.1 Å². The zero-order valence-electron chi connectivity index (χ0n) is 9.04. The minimum atomic E-state index is 1.12. The van der Waals surface area contributed by atoms with Gasteiger partial charge in [0.15, 0.2) is 0 Å². The van der Waals surface area contributed by atoms with Gasteiger partial charge in [0.2, 0.25) is 0 Å². The molecular weight excluding hydrogens is 168 g/mol. The Morgan fingerprint density at radius 2 is 1.50 bits per heavy atom. The van der Waals surface area contributed by atoms with E-state index in [1.54, 1.807) is 0 Å². The van der Waals surface area contributed by atoms with Crippen molar-refractivity contribution in [1.29, 1.82) is 0 Å². The van der Waals surface area contributed by atoms with Crippen LogP contribution in [0.1, 0.15) is 51.4 Å². The van der Waals surface area contributed by atoms with Crippen LogP contribution in [-0.4, -0.2) is 0 Å². The van der Waals surface area contributed by atoms with Gasteiger partial charge in [0.25, 0.3) is 0 Å². The average Bonchev–Trinajstić information content (AvgIpc) is 2.22. The topological polar surface area (TPSA) is 0 Å². The number of allylic oxidation sites excluding steroid dienone is 6. The molecule has 0 aromatic rings. The second kappa shape index (κ2) is 8.80. The molecule has 0 saturated carbocycles. The fourth-order valence-corrected chi connectivity index (χ4v) is 1.64. The van der Waals surface area contributed by atoms with Crippen molar-refractivity contribution in [3.8, 4) is 0 Å². The molecule has 77 valence electrons. The summed E-state index contributed by atoms with van der Waals surface area (Å²) in [6.45, 7) is 0. The summed E-state index contributed by atoms with van der Waals surface area (Å²) in [6.07, 6.45) is 24.5. The van der Waals surface area contributed by atoms with Crippen LogP contribution in [0.4, 0.5) is 0 Å². The smallest absolute Gasteiger partial charge is 0.0276 e. The molecule has 0 aliphatic heterocycles. The van der Waals surface area contributed by atoms with E-state index in [2.05, 4.69) is 30.4 Å². The quantitative estimate of drug-likeness (QED) is 0.522. The molecule has 0 aromatic heterocycles. The van der Waals surface area contributed by atoms with Crippen molar-refractivity contribution in [3.05, 3.63) is 36.5 Å². The van der Waals surface area contributed by atoms with E-state index in [9.17, 15) is 0 Å². The molecule has 1 aliphatic carbocycles. The third kappa shape index (κ3) is 6.71. The van der Waals surface area contributed by atoms with Crippen LogP contribution in [0.15, 0.2) is 30.4 Å². The van der Waals surface area contributed by atoms with Crippen LogP contribution in [0.5, 0.6) is 0 Å². The molecule has 0 atom stereocenters. The molecule has 1 aliphatic rings. The van der Waals surface area contributed by atoms with E-state index in [1.165, 1.54) is 44.9 Å². The molecule has 0 saturated heterocycles. The first-order valence-corrected chi connectivity index (χ1v) is 5.88. The first-order valence-electron chi connectivity index (χ1n) is 5.88. The Labute approximate surface area is 88.4 Å². The summed E-state index contributed by atoms with van der Waals surface area (Å²) in [6, 6.07) is 0. The molecule has 1 rings (SSSR count). The standard InChI is InChI=1S/C14H21/c1-2-4-6-8-10-12-14-13-11-9-7-5-3-1/h1-5H,6,8-14H2. The Morgan fingerprint density at radius 1 is 0.714 bits per heavy atom. The minimum Gasteiger partial charge on any atom is -0.0845 e. The molecule has 0 heteroatoms. The zero-order chi connectivity index (χ0) is 9.90. The molecule has 1 radical (unpaired) electrons. The minimum absolute atomic E-state index is 1.12. The van der Waals surface area contributed by atoms with Crippen molar-refractivity contribution in [3.63, 3.8) is 0 Å². The van der Waals surface area contributed by atoms with E-state index < -0.39 is 0 Å². The van der Waals surface area contributed by atoms with E-state index in [0.717, 1.165) is 6.42 Å². The Morgan fingerprint density at radius 3 is 2.43 bits per heavy atom. The molecule has 14 heavy (non-hydrogen) atoms. The maximum Gasteiger partial charge on any atom is -0.0276 e. The Balaban J connectivity index is 2.27. The highest BCUT2D eigenvalue weighted by molar-refractivity contribution is 5.09. The summed E-state index contributed by atoms with van der Waals surface area (Å²) < 4.78 is 0. The van der Waals surface area contributed by atoms with Crippen LogP contribution < -0.4 is 0 Å². The highest BCUT2D eigenvalue weighted by atomic mass is 14.0. The lowest BCUT2D eigenvalue weighted by Crippen LogP contribution is -1.79. The lowest BCUT2D eigenvalue weighted by atomic mass is 10.1. The molecule has 0 heterocycles. The molecule has 0 aromatic carbocycles. The second-order valence-corrected chi connectivity index (χ2v) is 3.84. The van der Waals surface area contributed by atoms with Gasteiger partial charge in [0.1, 0.15) is 0 Å². The van der Waals surface area contributed by atoms with E-state index in [0.29, 0.717) is 0 Å². The predicted octanol–water partition coefficient (Wildman–Crippen LogP) is 4.59.